The quantitative estimate of drug-likeness (QED) is 0.735. The van der Waals surface area contributed by atoms with Crippen molar-refractivity contribution in [3.63, 3.8) is 0 Å². The second-order valence-corrected chi connectivity index (χ2v) is 7.38. The van der Waals surface area contributed by atoms with E-state index in [2.05, 4.69) is 24.0 Å². The number of aliphatic carboxylic acids is 1. The summed E-state index contributed by atoms with van der Waals surface area (Å²) in [5.74, 6) is -0.799. The van der Waals surface area contributed by atoms with Crippen molar-refractivity contribution in [2.45, 2.75) is 52.2 Å². The van der Waals surface area contributed by atoms with E-state index in [1.54, 1.807) is 0 Å². The molecule has 1 fully saturated rings. The molecule has 0 bridgehead atoms. The molecule has 0 radical (unpaired) electrons. The molecule has 1 aliphatic rings. The van der Waals surface area contributed by atoms with Gasteiger partial charge in [0.1, 0.15) is 5.76 Å². The molecule has 0 aliphatic carbocycles. The third-order valence-corrected chi connectivity index (χ3v) is 5.01. The predicted molar refractivity (Wildman–Crippen MR) is 100 cm³/mol. The minimum absolute atomic E-state index is 0.235. The van der Waals surface area contributed by atoms with Gasteiger partial charge in [0.2, 0.25) is 5.89 Å². The summed E-state index contributed by atoms with van der Waals surface area (Å²) < 4.78 is 16.6. The van der Waals surface area contributed by atoms with Crippen molar-refractivity contribution in [1.82, 2.24) is 4.98 Å². The number of aromatic nitrogens is 1. The maximum atomic E-state index is 11.1. The number of nitrogens with zero attached hydrogens (tertiary/aromatic N) is 1. The van der Waals surface area contributed by atoms with Crippen LogP contribution in [-0.2, 0) is 20.7 Å². The van der Waals surface area contributed by atoms with E-state index < -0.39 is 11.8 Å². The zero-order valence-corrected chi connectivity index (χ0v) is 16.2. The van der Waals surface area contributed by atoms with Crippen LogP contribution in [0.15, 0.2) is 28.7 Å². The van der Waals surface area contributed by atoms with E-state index >= 15 is 0 Å². The monoisotopic (exact) mass is 373 g/mol. The molecule has 2 aromatic rings. The highest BCUT2D eigenvalue weighted by molar-refractivity contribution is 5.75. The number of carboxylic acids is 1. The first-order valence-corrected chi connectivity index (χ1v) is 9.42. The SMILES string of the molecule is Cc1cccc(-c2nc(CCCC[C@H]3CO[C@@](C)(C(=O)O)OC3)c(C)o2)c1. The van der Waals surface area contributed by atoms with Crippen molar-refractivity contribution in [2.75, 3.05) is 13.2 Å². The summed E-state index contributed by atoms with van der Waals surface area (Å²) in [6.45, 7) is 6.30. The van der Waals surface area contributed by atoms with E-state index in [-0.39, 0.29) is 5.92 Å². The Balaban J connectivity index is 1.46. The molecule has 0 spiro atoms. The lowest BCUT2D eigenvalue weighted by atomic mass is 10.0. The van der Waals surface area contributed by atoms with Gasteiger partial charge < -0.3 is 19.0 Å². The normalized spacial score (nSPS) is 22.7. The van der Waals surface area contributed by atoms with Crippen LogP contribution < -0.4 is 0 Å². The molecule has 2 heterocycles. The average molecular weight is 373 g/mol. The molecule has 3 rings (SSSR count). The predicted octanol–water partition coefficient (Wildman–Crippen LogP) is 4.14. The number of rotatable bonds is 7. The standard InChI is InChI=1S/C21H27NO5/c1-14-7-6-9-17(11-14)19-22-18(15(2)27-19)10-5-4-8-16-12-25-21(3,20(23)24)26-13-16/h6-7,9,11,16H,4-5,8,10,12-13H2,1-3H3,(H,23,24)/t16-,21+. The molecule has 0 saturated carbocycles. The highest BCUT2D eigenvalue weighted by Gasteiger charge is 2.40. The number of carboxylic acid groups (broad SMARTS) is 1. The zero-order chi connectivity index (χ0) is 19.4. The van der Waals surface area contributed by atoms with Crippen molar-refractivity contribution in [3.8, 4) is 11.5 Å². The summed E-state index contributed by atoms with van der Waals surface area (Å²) >= 11 is 0. The Bertz CT molecular complexity index is 790. The Labute approximate surface area is 159 Å². The number of hydrogen-bond donors (Lipinski definition) is 1. The maximum absolute atomic E-state index is 11.1. The van der Waals surface area contributed by atoms with Crippen molar-refractivity contribution < 1.29 is 23.8 Å². The van der Waals surface area contributed by atoms with Crippen LogP contribution in [0.1, 0.15) is 43.2 Å². The topological polar surface area (TPSA) is 81.8 Å². The Morgan fingerprint density at radius 3 is 2.67 bits per heavy atom. The lowest BCUT2D eigenvalue weighted by molar-refractivity contribution is -0.271. The van der Waals surface area contributed by atoms with Crippen LogP contribution >= 0.6 is 0 Å². The highest BCUT2D eigenvalue weighted by atomic mass is 16.7. The Morgan fingerprint density at radius 2 is 2.00 bits per heavy atom. The third-order valence-electron chi connectivity index (χ3n) is 5.01. The molecule has 1 aromatic carbocycles. The summed E-state index contributed by atoms with van der Waals surface area (Å²) in [6.07, 6.45) is 3.81. The van der Waals surface area contributed by atoms with Gasteiger partial charge in [-0.2, -0.15) is 0 Å². The molecule has 0 amide bonds. The fourth-order valence-corrected chi connectivity index (χ4v) is 3.22. The summed E-state index contributed by atoms with van der Waals surface area (Å²) in [5, 5.41) is 9.08. The third kappa shape index (κ3) is 4.76. The summed E-state index contributed by atoms with van der Waals surface area (Å²) in [7, 11) is 0. The van der Waals surface area contributed by atoms with Gasteiger partial charge in [0, 0.05) is 18.4 Å². The first-order valence-electron chi connectivity index (χ1n) is 9.42. The molecule has 0 unspecified atom stereocenters. The molecule has 27 heavy (non-hydrogen) atoms. The molecule has 1 aromatic heterocycles. The van der Waals surface area contributed by atoms with Gasteiger partial charge in [-0.25, -0.2) is 9.78 Å². The minimum atomic E-state index is -1.50. The van der Waals surface area contributed by atoms with Crippen LogP contribution in [0.5, 0.6) is 0 Å². The smallest absolute Gasteiger partial charge is 0.364 e. The maximum Gasteiger partial charge on any atom is 0.364 e. The van der Waals surface area contributed by atoms with E-state index in [0.29, 0.717) is 19.1 Å². The number of ether oxygens (including phenoxy) is 2. The number of carbonyl (C=O) groups is 1. The lowest BCUT2D eigenvalue weighted by Gasteiger charge is -2.34. The van der Waals surface area contributed by atoms with Crippen molar-refractivity contribution in [1.29, 1.82) is 0 Å². The molecule has 0 atom stereocenters. The molecule has 6 nitrogen and oxygen atoms in total. The molecular weight excluding hydrogens is 346 g/mol. The van der Waals surface area contributed by atoms with Crippen LogP contribution in [0, 0.1) is 19.8 Å². The van der Waals surface area contributed by atoms with Gasteiger partial charge in [-0.15, -0.1) is 0 Å². The fourth-order valence-electron chi connectivity index (χ4n) is 3.22. The van der Waals surface area contributed by atoms with Gasteiger partial charge >= 0.3 is 5.97 Å². The van der Waals surface area contributed by atoms with Gasteiger partial charge in [0.25, 0.3) is 5.79 Å². The second kappa shape index (κ2) is 8.23. The van der Waals surface area contributed by atoms with Crippen LogP contribution in [0.3, 0.4) is 0 Å². The minimum Gasteiger partial charge on any atom is -0.477 e. The number of benzene rings is 1. The van der Waals surface area contributed by atoms with Gasteiger partial charge in [-0.1, -0.05) is 24.1 Å². The van der Waals surface area contributed by atoms with E-state index in [1.807, 2.05) is 19.1 Å². The van der Waals surface area contributed by atoms with Crippen LogP contribution in [0.2, 0.25) is 0 Å². The van der Waals surface area contributed by atoms with E-state index in [1.165, 1.54) is 12.5 Å². The van der Waals surface area contributed by atoms with Gasteiger partial charge in [0.15, 0.2) is 0 Å². The van der Waals surface area contributed by atoms with Gasteiger partial charge in [-0.3, -0.25) is 0 Å². The second-order valence-electron chi connectivity index (χ2n) is 7.38. The van der Waals surface area contributed by atoms with Crippen LogP contribution in [0.4, 0.5) is 0 Å². The summed E-state index contributed by atoms with van der Waals surface area (Å²) in [5.41, 5.74) is 3.18. The molecule has 1 saturated heterocycles. The molecule has 1 aliphatic heterocycles. The van der Waals surface area contributed by atoms with E-state index in [9.17, 15) is 4.79 Å². The molecule has 146 valence electrons. The fraction of sp³-hybridized carbons (Fsp3) is 0.524. The first kappa shape index (κ1) is 19.6. The van der Waals surface area contributed by atoms with Crippen molar-refractivity contribution in [3.05, 3.63) is 41.3 Å². The lowest BCUT2D eigenvalue weighted by Crippen LogP contribution is -2.47. The largest absolute Gasteiger partial charge is 0.477 e. The van der Waals surface area contributed by atoms with Crippen LogP contribution in [0.25, 0.3) is 11.5 Å². The zero-order valence-electron chi connectivity index (χ0n) is 16.2. The molecule has 1 N–H and O–H groups in total. The highest BCUT2D eigenvalue weighted by Crippen LogP contribution is 2.26. The van der Waals surface area contributed by atoms with Crippen LogP contribution in [-0.4, -0.2) is 35.1 Å². The Hall–Kier alpha value is -2.18. The summed E-state index contributed by atoms with van der Waals surface area (Å²) in [6, 6.07) is 8.14. The number of aryl methyl sites for hydroxylation is 3. The number of unbranched alkanes of at least 4 members (excludes halogenated alkanes) is 1. The number of oxazole rings is 1. The molecular formula is C21H27NO5. The average Bonchev–Trinajstić information content (AvgIpc) is 3.01. The van der Waals surface area contributed by atoms with E-state index in [0.717, 1.165) is 42.7 Å². The van der Waals surface area contributed by atoms with Crippen molar-refractivity contribution >= 4 is 5.97 Å². The molecule has 6 heteroatoms. The Morgan fingerprint density at radius 1 is 1.26 bits per heavy atom. The Kier molecular flexibility index (Phi) is 5.97. The summed E-state index contributed by atoms with van der Waals surface area (Å²) in [4.78, 5) is 15.8. The number of hydrogen-bond acceptors (Lipinski definition) is 5. The van der Waals surface area contributed by atoms with Crippen molar-refractivity contribution in [2.24, 2.45) is 5.92 Å². The van der Waals surface area contributed by atoms with Gasteiger partial charge in [-0.05, 0) is 45.2 Å². The first-order chi connectivity index (χ1) is 12.9. The van der Waals surface area contributed by atoms with Gasteiger partial charge in [0.05, 0.1) is 18.9 Å². The van der Waals surface area contributed by atoms with E-state index in [4.69, 9.17) is 19.0 Å².